The van der Waals surface area contributed by atoms with Gasteiger partial charge in [-0.05, 0) is 18.3 Å². The van der Waals surface area contributed by atoms with Crippen molar-refractivity contribution < 1.29 is 0 Å². The predicted molar refractivity (Wildman–Crippen MR) is 68.3 cm³/mol. The van der Waals surface area contributed by atoms with E-state index in [9.17, 15) is 0 Å². The lowest BCUT2D eigenvalue weighted by atomic mass is 9.80. The second-order valence-corrected chi connectivity index (χ2v) is 4.78. The van der Waals surface area contributed by atoms with Gasteiger partial charge in [0.2, 0.25) is 17.8 Å². The van der Waals surface area contributed by atoms with Crippen LogP contribution in [-0.2, 0) is 0 Å². The molecule has 1 fully saturated rings. The Bertz CT molecular complexity index is 360. The highest BCUT2D eigenvalue weighted by Gasteiger charge is 2.21. The maximum Gasteiger partial charge on any atom is 0.229 e. The molecular formula is C11H20N6. The summed E-state index contributed by atoms with van der Waals surface area (Å²) < 4.78 is 0. The summed E-state index contributed by atoms with van der Waals surface area (Å²) in [7, 11) is 0. The molecule has 0 spiro atoms. The van der Waals surface area contributed by atoms with E-state index in [4.69, 9.17) is 11.5 Å². The summed E-state index contributed by atoms with van der Waals surface area (Å²) in [6, 6.07) is 0. The molecule has 0 radical (unpaired) electrons. The van der Waals surface area contributed by atoms with Crippen LogP contribution in [0.4, 0.5) is 17.8 Å². The molecule has 0 aliphatic heterocycles. The highest BCUT2D eigenvalue weighted by Crippen LogP contribution is 2.29. The van der Waals surface area contributed by atoms with E-state index in [0.29, 0.717) is 11.9 Å². The first kappa shape index (κ1) is 11.9. The summed E-state index contributed by atoms with van der Waals surface area (Å²) in [4.78, 5) is 11.8. The Morgan fingerprint density at radius 2 is 1.76 bits per heavy atom. The van der Waals surface area contributed by atoms with Gasteiger partial charge in [-0.3, -0.25) is 0 Å². The number of rotatable bonds is 3. The number of aromatic nitrogens is 3. The zero-order chi connectivity index (χ0) is 12.3. The monoisotopic (exact) mass is 236 g/mol. The number of nitrogens with one attached hydrogen (secondary N) is 1. The molecule has 94 valence electrons. The summed E-state index contributed by atoms with van der Waals surface area (Å²) in [6.45, 7) is 3.19. The smallest absolute Gasteiger partial charge is 0.229 e. The molecule has 1 saturated carbocycles. The van der Waals surface area contributed by atoms with Crippen molar-refractivity contribution >= 4 is 17.8 Å². The zero-order valence-corrected chi connectivity index (χ0v) is 10.2. The van der Waals surface area contributed by atoms with Crippen molar-refractivity contribution in [2.24, 2.45) is 11.8 Å². The molecule has 2 rings (SSSR count). The molecule has 6 heteroatoms. The van der Waals surface area contributed by atoms with Crippen molar-refractivity contribution in [2.45, 2.75) is 32.6 Å². The molecule has 5 N–H and O–H groups in total. The van der Waals surface area contributed by atoms with Gasteiger partial charge in [0.1, 0.15) is 0 Å². The molecule has 1 aromatic heterocycles. The Morgan fingerprint density at radius 1 is 1.12 bits per heavy atom. The number of nitrogens with zero attached hydrogens (tertiary/aromatic N) is 3. The fourth-order valence-electron chi connectivity index (χ4n) is 2.41. The van der Waals surface area contributed by atoms with E-state index in [1.807, 2.05) is 0 Å². The lowest BCUT2D eigenvalue weighted by molar-refractivity contribution is 0.268. The summed E-state index contributed by atoms with van der Waals surface area (Å²) in [5, 5.41) is 3.20. The molecule has 0 amide bonds. The molecule has 0 saturated heterocycles. The van der Waals surface area contributed by atoms with Gasteiger partial charge in [-0.25, -0.2) is 0 Å². The summed E-state index contributed by atoms with van der Waals surface area (Å²) in [6.07, 6.45) is 5.25. The van der Waals surface area contributed by atoms with E-state index in [1.54, 1.807) is 0 Å². The molecule has 1 aliphatic carbocycles. The summed E-state index contributed by atoms with van der Waals surface area (Å²) in [5.41, 5.74) is 11.0. The Balaban J connectivity index is 1.92. The van der Waals surface area contributed by atoms with Crippen LogP contribution >= 0.6 is 0 Å². The van der Waals surface area contributed by atoms with E-state index in [2.05, 4.69) is 27.2 Å². The fraction of sp³-hybridized carbons (Fsp3) is 0.727. The lowest BCUT2D eigenvalue weighted by Gasteiger charge is -2.28. The van der Waals surface area contributed by atoms with E-state index < -0.39 is 0 Å². The maximum absolute atomic E-state index is 5.51. The Morgan fingerprint density at radius 3 is 2.41 bits per heavy atom. The molecule has 17 heavy (non-hydrogen) atoms. The fourth-order valence-corrected chi connectivity index (χ4v) is 2.41. The lowest BCUT2D eigenvalue weighted by Crippen LogP contribution is -2.25. The minimum absolute atomic E-state index is 0.164. The Kier molecular flexibility index (Phi) is 3.61. The molecule has 1 heterocycles. The molecule has 1 aromatic rings. The van der Waals surface area contributed by atoms with Crippen LogP contribution in [0, 0.1) is 11.8 Å². The van der Waals surface area contributed by atoms with Crippen LogP contribution in [0.2, 0.25) is 0 Å². The molecule has 0 aromatic carbocycles. The van der Waals surface area contributed by atoms with Gasteiger partial charge >= 0.3 is 0 Å². The van der Waals surface area contributed by atoms with E-state index in [0.717, 1.165) is 12.5 Å². The van der Waals surface area contributed by atoms with Gasteiger partial charge in [0.25, 0.3) is 0 Å². The first-order valence-electron chi connectivity index (χ1n) is 6.16. The van der Waals surface area contributed by atoms with Crippen molar-refractivity contribution in [3.05, 3.63) is 0 Å². The largest absolute Gasteiger partial charge is 0.368 e. The van der Waals surface area contributed by atoms with Crippen molar-refractivity contribution in [3.63, 3.8) is 0 Å². The van der Waals surface area contributed by atoms with Crippen LogP contribution in [0.3, 0.4) is 0 Å². The first-order valence-corrected chi connectivity index (χ1v) is 6.16. The molecule has 1 aliphatic rings. The first-order chi connectivity index (χ1) is 8.15. The van der Waals surface area contributed by atoms with Crippen LogP contribution in [0.15, 0.2) is 0 Å². The predicted octanol–water partition coefficient (Wildman–Crippen LogP) is 1.27. The standard InChI is InChI=1S/C11H20N6/c1-7-4-2-3-5-8(7)6-14-11-16-9(12)15-10(13)17-11/h7-8H,2-6H2,1H3,(H5,12,13,14,15,16,17). The third-order valence-electron chi connectivity index (χ3n) is 3.48. The SMILES string of the molecule is CC1CCCCC1CNc1nc(N)nc(N)n1. The quantitative estimate of drug-likeness (QED) is 0.730. The third kappa shape index (κ3) is 3.18. The highest BCUT2D eigenvalue weighted by atomic mass is 15.2. The molecular weight excluding hydrogens is 216 g/mol. The highest BCUT2D eigenvalue weighted by molar-refractivity contribution is 5.37. The molecule has 6 nitrogen and oxygen atoms in total. The van der Waals surface area contributed by atoms with Crippen LogP contribution in [0.25, 0.3) is 0 Å². The summed E-state index contributed by atoms with van der Waals surface area (Å²) in [5.74, 6) is 2.25. The second kappa shape index (κ2) is 5.16. The number of anilines is 3. The van der Waals surface area contributed by atoms with Gasteiger partial charge in [-0.1, -0.05) is 26.2 Å². The minimum atomic E-state index is 0.164. The van der Waals surface area contributed by atoms with Crippen LogP contribution in [-0.4, -0.2) is 21.5 Å². The zero-order valence-electron chi connectivity index (χ0n) is 10.2. The van der Waals surface area contributed by atoms with Gasteiger partial charge in [0.05, 0.1) is 0 Å². The number of nitrogens with two attached hydrogens (primary N) is 2. The van der Waals surface area contributed by atoms with Gasteiger partial charge in [-0.2, -0.15) is 15.0 Å². The van der Waals surface area contributed by atoms with Gasteiger partial charge in [0.15, 0.2) is 0 Å². The Hall–Kier alpha value is -1.59. The van der Waals surface area contributed by atoms with Gasteiger partial charge < -0.3 is 16.8 Å². The van der Waals surface area contributed by atoms with Crippen molar-refractivity contribution in [2.75, 3.05) is 23.3 Å². The number of hydrogen-bond acceptors (Lipinski definition) is 6. The maximum atomic E-state index is 5.51. The van der Waals surface area contributed by atoms with Crippen molar-refractivity contribution in [1.29, 1.82) is 0 Å². The van der Waals surface area contributed by atoms with Crippen molar-refractivity contribution in [1.82, 2.24) is 15.0 Å². The second-order valence-electron chi connectivity index (χ2n) is 4.78. The van der Waals surface area contributed by atoms with Gasteiger partial charge in [0, 0.05) is 6.54 Å². The molecule has 2 atom stereocenters. The average Bonchev–Trinajstić information content (AvgIpc) is 2.27. The topological polar surface area (TPSA) is 103 Å². The van der Waals surface area contributed by atoms with E-state index in [1.165, 1.54) is 25.7 Å². The summed E-state index contributed by atoms with van der Waals surface area (Å²) >= 11 is 0. The van der Waals surface area contributed by atoms with E-state index >= 15 is 0 Å². The number of nitrogen functional groups attached to an aromatic ring is 2. The number of hydrogen-bond donors (Lipinski definition) is 3. The molecule has 0 bridgehead atoms. The van der Waals surface area contributed by atoms with Gasteiger partial charge in [-0.15, -0.1) is 0 Å². The minimum Gasteiger partial charge on any atom is -0.368 e. The normalized spacial score (nSPS) is 24.5. The van der Waals surface area contributed by atoms with Crippen LogP contribution in [0.5, 0.6) is 0 Å². The van der Waals surface area contributed by atoms with Crippen molar-refractivity contribution in [3.8, 4) is 0 Å². The molecule has 2 unspecified atom stereocenters. The van der Waals surface area contributed by atoms with Crippen LogP contribution < -0.4 is 16.8 Å². The Labute approximate surface area is 101 Å². The van der Waals surface area contributed by atoms with E-state index in [-0.39, 0.29) is 11.9 Å². The average molecular weight is 236 g/mol. The third-order valence-corrected chi connectivity index (χ3v) is 3.48. The van der Waals surface area contributed by atoms with Crippen LogP contribution in [0.1, 0.15) is 32.6 Å².